The fourth-order valence-corrected chi connectivity index (χ4v) is 17.2. The maximum atomic E-state index is 5.42. The van der Waals surface area contributed by atoms with Gasteiger partial charge in [0.05, 0.1) is 35.9 Å². The average Bonchev–Trinajstić information content (AvgIpc) is 3.31. The van der Waals surface area contributed by atoms with E-state index >= 15 is 0 Å². The van der Waals surface area contributed by atoms with E-state index in [0.29, 0.717) is 11.3 Å². The van der Waals surface area contributed by atoms with Crippen LogP contribution in [-0.2, 0) is 0 Å². The molecule has 0 bridgehead atoms. The number of nitrogens with zero attached hydrogens (tertiary/aromatic N) is 1. The van der Waals surface area contributed by atoms with Crippen LogP contribution in [-0.4, -0.2) is 11.0 Å². The number of hydrogen-bond donors (Lipinski definition) is 0. The fourth-order valence-electron chi connectivity index (χ4n) is 6.57. The highest BCUT2D eigenvalue weighted by Crippen LogP contribution is 2.91. The maximum absolute atomic E-state index is 5.42. The monoisotopic (exact) mass is 551 g/mol. The first-order valence-corrected chi connectivity index (χ1v) is 18.4. The average molecular weight is 552 g/mol. The van der Waals surface area contributed by atoms with Gasteiger partial charge >= 0.3 is 0 Å². The van der Waals surface area contributed by atoms with Crippen molar-refractivity contribution in [2.24, 2.45) is 0 Å². The topological polar surface area (TPSA) is 3.24 Å². The molecule has 3 heteroatoms. The van der Waals surface area contributed by atoms with Gasteiger partial charge in [0.15, 0.2) is 0 Å². The van der Waals surface area contributed by atoms with E-state index in [1.165, 1.54) is 45.7 Å². The standard InChI is InChI=1S/C36H43NP2/c1-6-7-26-37(38(4,33-22-14-16-29(2)27-33)34-23-15-17-30(3)28-34)39(5)35(31-18-10-8-11-19-31)24-25-36(39)32-20-12-9-13-21-32/h8-23,27-28,35-36H,4-7,24-26H2,1-3H3/t35-,36-/m0/s1. The van der Waals surface area contributed by atoms with Crippen LogP contribution in [0, 0.1) is 27.2 Å². The van der Waals surface area contributed by atoms with E-state index in [1.54, 1.807) is 0 Å². The van der Waals surface area contributed by atoms with E-state index in [4.69, 9.17) is 13.3 Å². The summed E-state index contributed by atoms with van der Waals surface area (Å²) in [6.45, 7) is 18.5. The summed E-state index contributed by atoms with van der Waals surface area (Å²) in [6, 6.07) is 40.9. The first-order chi connectivity index (χ1) is 18.9. The molecule has 0 aliphatic carbocycles. The molecule has 0 saturated carbocycles. The Morgan fingerprint density at radius 1 is 0.718 bits per heavy atom. The first kappa shape index (κ1) is 28.2. The van der Waals surface area contributed by atoms with Gasteiger partial charge in [-0.1, -0.05) is 98.3 Å². The highest BCUT2D eigenvalue weighted by molar-refractivity contribution is 7.97. The lowest BCUT2D eigenvalue weighted by Crippen LogP contribution is -2.37. The summed E-state index contributed by atoms with van der Waals surface area (Å²) in [4.78, 5) is 0. The summed E-state index contributed by atoms with van der Waals surface area (Å²) >= 11 is 0. The Labute approximate surface area is 238 Å². The Morgan fingerprint density at radius 3 is 1.59 bits per heavy atom. The molecule has 1 heterocycles. The molecule has 0 N–H and O–H groups in total. The lowest BCUT2D eigenvalue weighted by Gasteiger charge is -2.51. The van der Waals surface area contributed by atoms with Gasteiger partial charge in [0, 0.05) is 7.41 Å². The van der Waals surface area contributed by atoms with Crippen LogP contribution in [0.1, 0.15) is 66.2 Å². The summed E-state index contributed by atoms with van der Waals surface area (Å²) in [7, 11) is -4.26. The Bertz CT molecular complexity index is 1270. The van der Waals surface area contributed by atoms with Crippen molar-refractivity contribution in [3.8, 4) is 0 Å². The second-order valence-electron chi connectivity index (χ2n) is 11.2. The van der Waals surface area contributed by atoms with Crippen LogP contribution in [0.3, 0.4) is 0 Å². The van der Waals surface area contributed by atoms with Crippen molar-refractivity contribution in [1.82, 2.24) is 4.44 Å². The zero-order chi connectivity index (χ0) is 27.5. The molecule has 4 aromatic carbocycles. The molecule has 0 spiro atoms. The molecule has 1 aliphatic rings. The van der Waals surface area contributed by atoms with Crippen LogP contribution in [0.4, 0.5) is 0 Å². The van der Waals surface area contributed by atoms with Crippen molar-refractivity contribution in [1.29, 1.82) is 0 Å². The van der Waals surface area contributed by atoms with Crippen LogP contribution < -0.4 is 10.6 Å². The predicted octanol–water partition coefficient (Wildman–Crippen LogP) is 10.1. The maximum Gasteiger partial charge on any atom is 0.0908 e. The van der Waals surface area contributed by atoms with Gasteiger partial charge in [-0.3, -0.25) is 0 Å². The Balaban J connectivity index is 1.79. The van der Waals surface area contributed by atoms with E-state index in [9.17, 15) is 0 Å². The smallest absolute Gasteiger partial charge is 0.0908 e. The second kappa shape index (κ2) is 12.1. The predicted molar refractivity (Wildman–Crippen MR) is 175 cm³/mol. The fraction of sp³-hybridized carbons (Fsp3) is 0.278. The molecule has 1 nitrogen and oxygen atoms in total. The minimum absolute atomic E-state index is 0.427. The molecule has 4 aromatic rings. The summed E-state index contributed by atoms with van der Waals surface area (Å²) in [5.74, 6) is 0. The van der Waals surface area contributed by atoms with Gasteiger partial charge < -0.3 is 0 Å². The molecule has 1 saturated heterocycles. The van der Waals surface area contributed by atoms with Gasteiger partial charge in [-0.2, -0.15) is 6.66 Å². The van der Waals surface area contributed by atoms with Crippen LogP contribution in [0.2, 0.25) is 0 Å². The zero-order valence-electron chi connectivity index (χ0n) is 23.8. The molecule has 1 fully saturated rings. The van der Waals surface area contributed by atoms with Gasteiger partial charge in [-0.15, -0.1) is 11.1 Å². The highest BCUT2D eigenvalue weighted by atomic mass is 31.2. The van der Waals surface area contributed by atoms with Gasteiger partial charge in [-0.05, 0) is 79.6 Å². The molecule has 0 unspecified atom stereocenters. The van der Waals surface area contributed by atoms with Gasteiger partial charge in [0.2, 0.25) is 0 Å². The van der Waals surface area contributed by atoms with Crippen molar-refractivity contribution in [3.05, 3.63) is 145 Å². The Kier molecular flexibility index (Phi) is 8.73. The Hall–Kier alpha value is -2.30. The number of aryl methyl sites for hydroxylation is 2. The molecule has 5 rings (SSSR count). The van der Waals surface area contributed by atoms with Gasteiger partial charge in [0.25, 0.3) is 0 Å². The molecule has 39 heavy (non-hydrogen) atoms. The number of benzene rings is 4. The number of rotatable bonds is 9. The second-order valence-corrected chi connectivity index (χ2v) is 18.1. The molecule has 1 aliphatic heterocycles. The van der Waals surface area contributed by atoms with Crippen molar-refractivity contribution >= 4 is 25.4 Å². The molecule has 0 aromatic heterocycles. The molecule has 2 atom stereocenters. The van der Waals surface area contributed by atoms with Crippen LogP contribution in [0.15, 0.2) is 109 Å². The van der Waals surface area contributed by atoms with E-state index < -0.39 is 14.8 Å². The zero-order valence-corrected chi connectivity index (χ0v) is 25.6. The normalized spacial score (nSPS) is 18.9. The molecule has 0 amide bonds. The lowest BCUT2D eigenvalue weighted by atomic mass is 10.0. The quantitative estimate of drug-likeness (QED) is 0.148. The van der Waals surface area contributed by atoms with E-state index in [0.717, 1.165) is 19.4 Å². The van der Waals surface area contributed by atoms with Crippen molar-refractivity contribution in [3.63, 3.8) is 0 Å². The number of hydrogen-bond acceptors (Lipinski definition) is 1. The number of unbranched alkanes of at least 4 members (excludes halogenated alkanes) is 1. The minimum atomic E-state index is -2.23. The third kappa shape index (κ3) is 5.39. The molecular formula is C36H43NP2. The van der Waals surface area contributed by atoms with Crippen molar-refractivity contribution in [2.75, 3.05) is 6.54 Å². The molecule has 0 radical (unpaired) electrons. The summed E-state index contributed by atoms with van der Waals surface area (Å²) < 4.78 is 2.94. The van der Waals surface area contributed by atoms with E-state index in [1.807, 2.05) is 0 Å². The third-order valence-electron chi connectivity index (χ3n) is 8.55. The lowest BCUT2D eigenvalue weighted by molar-refractivity contribution is 0.620. The minimum Gasteiger partial charge on any atom is -0.158 e. The molecule has 202 valence electrons. The van der Waals surface area contributed by atoms with E-state index in [2.05, 4.69) is 134 Å². The summed E-state index contributed by atoms with van der Waals surface area (Å²) in [6.07, 6.45) is 4.65. The summed E-state index contributed by atoms with van der Waals surface area (Å²) in [5.41, 5.74) is 6.34. The Morgan fingerprint density at radius 2 is 1.18 bits per heavy atom. The SMILES string of the molecule is [CH2-][P+](c1cccc(C)c1)(c1cccc(C)c1)N(CCCC)[P+]1([CH2-])[C@H](c2ccccc2)CC[C@H]1c1ccccc1. The largest absolute Gasteiger partial charge is 0.158 e. The van der Waals surface area contributed by atoms with E-state index in [-0.39, 0.29) is 0 Å². The molecular weight excluding hydrogens is 508 g/mol. The van der Waals surface area contributed by atoms with Crippen molar-refractivity contribution < 1.29 is 0 Å². The van der Waals surface area contributed by atoms with Crippen LogP contribution in [0.5, 0.6) is 0 Å². The van der Waals surface area contributed by atoms with Gasteiger partial charge in [0.1, 0.15) is 0 Å². The first-order valence-electron chi connectivity index (χ1n) is 14.4. The van der Waals surface area contributed by atoms with Crippen LogP contribution in [0.25, 0.3) is 0 Å². The summed E-state index contributed by atoms with van der Waals surface area (Å²) in [5, 5.41) is 2.75. The van der Waals surface area contributed by atoms with Crippen LogP contribution >= 0.6 is 14.8 Å². The van der Waals surface area contributed by atoms with Gasteiger partial charge in [-0.25, -0.2) is 0 Å². The highest BCUT2D eigenvalue weighted by Gasteiger charge is 2.60. The third-order valence-corrected chi connectivity index (χ3v) is 18.1. The van der Waals surface area contributed by atoms with Crippen molar-refractivity contribution in [2.45, 2.75) is 57.8 Å².